The molecule has 0 N–H and O–H groups in total. The number of nitrogens with zero attached hydrogens (tertiary/aromatic N) is 3. The Bertz CT molecular complexity index is 1390. The molecule has 41 heavy (non-hydrogen) atoms. The number of amides is 2. The topological polar surface area (TPSA) is 43.9 Å². The smallest absolute Gasteiger partial charge is 0.253 e. The van der Waals surface area contributed by atoms with Crippen molar-refractivity contribution in [1.29, 1.82) is 0 Å². The molecule has 3 aromatic carbocycles. The third kappa shape index (κ3) is 5.42. The van der Waals surface area contributed by atoms with Gasteiger partial charge in [0.1, 0.15) is 0 Å². The van der Waals surface area contributed by atoms with Crippen LogP contribution in [0.15, 0.2) is 78.9 Å². The van der Waals surface area contributed by atoms with Crippen molar-refractivity contribution in [2.24, 2.45) is 0 Å². The van der Waals surface area contributed by atoms with Gasteiger partial charge < -0.3 is 14.7 Å². The number of rotatable bonds is 2. The standard InChI is InChI=1S/C35H40ClN3O2/c1-37-32(40)25-28-24-30(14-15-31(28)36)34(17-9-21-39(26-34)33(41)27-10-4-2-5-11-27)16-8-20-38-22-18-35(37,19-23-38)29-12-6-3-7-13-29/h2-7,10-15,24H,8-9,16-23,25-26H2,1H3. The zero-order chi connectivity index (χ0) is 28.5. The summed E-state index contributed by atoms with van der Waals surface area (Å²) in [6, 6.07) is 26.4. The van der Waals surface area contributed by atoms with Gasteiger partial charge in [-0.25, -0.2) is 0 Å². The highest BCUT2D eigenvalue weighted by Crippen LogP contribution is 2.42. The van der Waals surface area contributed by atoms with Crippen molar-refractivity contribution in [3.63, 3.8) is 0 Å². The average Bonchev–Trinajstić information content (AvgIpc) is 3.02. The van der Waals surface area contributed by atoms with E-state index in [2.05, 4.69) is 41.3 Å². The van der Waals surface area contributed by atoms with Crippen LogP contribution in [0.4, 0.5) is 0 Å². The fourth-order valence-corrected chi connectivity index (χ4v) is 7.75. The molecule has 2 amide bonds. The Morgan fingerprint density at radius 1 is 0.780 bits per heavy atom. The molecule has 7 rings (SSSR count). The summed E-state index contributed by atoms with van der Waals surface area (Å²) in [6.45, 7) is 4.41. The first-order valence-electron chi connectivity index (χ1n) is 15.1. The lowest BCUT2D eigenvalue weighted by atomic mass is 9.70. The summed E-state index contributed by atoms with van der Waals surface area (Å²) in [5, 5.41) is 0.634. The SMILES string of the molecule is CN1C(=O)Cc2cc(ccc2Cl)C2(CCCN3CCC1(c1ccccc1)CC3)CCCN(C(=O)c1ccccc1)C2. The molecule has 2 saturated heterocycles. The molecule has 0 saturated carbocycles. The largest absolute Gasteiger partial charge is 0.338 e. The van der Waals surface area contributed by atoms with E-state index in [1.54, 1.807) is 0 Å². The lowest BCUT2D eigenvalue weighted by molar-refractivity contribution is -0.137. The lowest BCUT2D eigenvalue weighted by Crippen LogP contribution is -2.54. The summed E-state index contributed by atoms with van der Waals surface area (Å²) >= 11 is 6.77. The van der Waals surface area contributed by atoms with Crippen molar-refractivity contribution in [2.75, 3.05) is 39.8 Å². The lowest BCUT2D eigenvalue weighted by Gasteiger charge is -2.49. The zero-order valence-electron chi connectivity index (χ0n) is 24.0. The minimum absolute atomic E-state index is 0.0944. The number of hydrogen-bond acceptors (Lipinski definition) is 3. The molecule has 1 unspecified atom stereocenters. The van der Waals surface area contributed by atoms with Gasteiger partial charge in [-0.15, -0.1) is 0 Å². The van der Waals surface area contributed by atoms with E-state index in [9.17, 15) is 9.59 Å². The molecule has 5 nitrogen and oxygen atoms in total. The van der Waals surface area contributed by atoms with Gasteiger partial charge in [0.25, 0.3) is 5.91 Å². The zero-order valence-corrected chi connectivity index (χ0v) is 24.8. The fourth-order valence-electron chi connectivity index (χ4n) is 7.57. The maximum atomic E-state index is 14.0. The molecule has 0 radical (unpaired) electrons. The molecule has 4 bridgehead atoms. The summed E-state index contributed by atoms with van der Waals surface area (Å²) < 4.78 is 0. The van der Waals surface area contributed by atoms with Gasteiger partial charge in [-0.05, 0) is 80.0 Å². The number of benzene rings is 3. The summed E-state index contributed by atoms with van der Waals surface area (Å²) in [5.74, 6) is 0.195. The molecule has 2 fully saturated rings. The predicted octanol–water partition coefficient (Wildman–Crippen LogP) is 6.30. The van der Waals surface area contributed by atoms with E-state index in [4.69, 9.17) is 11.6 Å². The van der Waals surface area contributed by atoms with Gasteiger partial charge >= 0.3 is 0 Å². The van der Waals surface area contributed by atoms with Gasteiger partial charge in [0, 0.05) is 49.2 Å². The quantitative estimate of drug-likeness (QED) is 0.364. The second-order valence-corrected chi connectivity index (χ2v) is 12.7. The number of likely N-dealkylation sites (tertiary alicyclic amines) is 1. The van der Waals surface area contributed by atoms with Crippen LogP contribution in [0.3, 0.4) is 0 Å². The number of carbonyl (C=O) groups is 2. The van der Waals surface area contributed by atoms with Crippen molar-refractivity contribution in [2.45, 2.75) is 55.9 Å². The van der Waals surface area contributed by atoms with Crippen LogP contribution in [0.2, 0.25) is 5.02 Å². The van der Waals surface area contributed by atoms with Gasteiger partial charge in [-0.2, -0.15) is 0 Å². The number of hydrogen-bond donors (Lipinski definition) is 0. The molecule has 1 spiro atoms. The van der Waals surface area contributed by atoms with E-state index in [0.29, 0.717) is 11.6 Å². The third-order valence-electron chi connectivity index (χ3n) is 10.0. The molecule has 6 heteroatoms. The molecule has 0 aliphatic carbocycles. The Balaban J connectivity index is 1.36. The molecule has 214 valence electrons. The van der Waals surface area contributed by atoms with Crippen LogP contribution in [0.25, 0.3) is 0 Å². The van der Waals surface area contributed by atoms with Gasteiger partial charge in [0.2, 0.25) is 5.91 Å². The minimum Gasteiger partial charge on any atom is -0.338 e. The molecular formula is C35H40ClN3O2. The summed E-state index contributed by atoms with van der Waals surface area (Å²) in [4.78, 5) is 34.1. The van der Waals surface area contributed by atoms with Crippen LogP contribution < -0.4 is 0 Å². The molecule has 3 aromatic rings. The number of carbonyl (C=O) groups excluding carboxylic acids is 2. The summed E-state index contributed by atoms with van der Waals surface area (Å²) in [7, 11) is 1.98. The fraction of sp³-hybridized carbons (Fsp3) is 0.429. The van der Waals surface area contributed by atoms with Gasteiger partial charge in [0.05, 0.1) is 12.0 Å². The van der Waals surface area contributed by atoms with E-state index < -0.39 is 0 Å². The summed E-state index contributed by atoms with van der Waals surface area (Å²) in [6.07, 6.45) is 6.15. The highest BCUT2D eigenvalue weighted by molar-refractivity contribution is 6.31. The minimum atomic E-state index is -0.314. The number of piperidine rings is 2. The van der Waals surface area contributed by atoms with E-state index in [-0.39, 0.29) is 29.2 Å². The first-order valence-corrected chi connectivity index (χ1v) is 15.5. The second kappa shape index (κ2) is 11.6. The van der Waals surface area contributed by atoms with Crippen molar-refractivity contribution < 1.29 is 9.59 Å². The van der Waals surface area contributed by atoms with Crippen LogP contribution in [-0.2, 0) is 22.2 Å². The normalized spacial score (nSPS) is 27.1. The highest BCUT2D eigenvalue weighted by Gasteiger charge is 2.43. The van der Waals surface area contributed by atoms with E-state index in [1.807, 2.05) is 59.3 Å². The van der Waals surface area contributed by atoms with Crippen molar-refractivity contribution in [3.05, 3.63) is 106 Å². The van der Waals surface area contributed by atoms with Gasteiger partial charge in [-0.3, -0.25) is 9.59 Å². The van der Waals surface area contributed by atoms with Crippen LogP contribution in [0.1, 0.15) is 65.6 Å². The van der Waals surface area contributed by atoms with Crippen LogP contribution in [-0.4, -0.2) is 66.3 Å². The Labute approximate surface area is 249 Å². The molecule has 4 aliphatic heterocycles. The van der Waals surface area contributed by atoms with Crippen molar-refractivity contribution in [1.82, 2.24) is 14.7 Å². The molecule has 4 heterocycles. The molecule has 1 atom stereocenters. The van der Waals surface area contributed by atoms with E-state index >= 15 is 0 Å². The Morgan fingerprint density at radius 3 is 2.15 bits per heavy atom. The Kier molecular flexibility index (Phi) is 7.93. The molecule has 4 aliphatic rings. The first-order chi connectivity index (χ1) is 19.9. The van der Waals surface area contributed by atoms with Gasteiger partial charge in [0.15, 0.2) is 0 Å². The van der Waals surface area contributed by atoms with Crippen LogP contribution in [0, 0.1) is 0 Å². The monoisotopic (exact) mass is 569 g/mol. The number of likely N-dealkylation sites (N-methyl/N-ethyl adjacent to an activating group) is 1. The van der Waals surface area contributed by atoms with Gasteiger partial charge in [-0.1, -0.05) is 72.3 Å². The summed E-state index contributed by atoms with van der Waals surface area (Å²) in [5.41, 5.74) is 3.56. The van der Waals surface area contributed by atoms with Crippen LogP contribution in [0.5, 0.6) is 0 Å². The van der Waals surface area contributed by atoms with Crippen LogP contribution >= 0.6 is 11.6 Å². The second-order valence-electron chi connectivity index (χ2n) is 12.3. The Morgan fingerprint density at radius 2 is 1.44 bits per heavy atom. The van der Waals surface area contributed by atoms with E-state index in [1.165, 1.54) is 11.1 Å². The van der Waals surface area contributed by atoms with Crippen molar-refractivity contribution in [3.8, 4) is 0 Å². The number of halogens is 1. The predicted molar refractivity (Wildman–Crippen MR) is 164 cm³/mol. The Hall–Kier alpha value is -3.15. The highest BCUT2D eigenvalue weighted by atomic mass is 35.5. The molecule has 0 aromatic heterocycles. The number of fused-ring (bicyclic) bond motifs is 6. The maximum absolute atomic E-state index is 14.0. The third-order valence-corrected chi connectivity index (χ3v) is 10.4. The average molecular weight is 570 g/mol. The van der Waals surface area contributed by atoms with E-state index in [0.717, 1.165) is 75.8 Å². The maximum Gasteiger partial charge on any atom is 0.253 e. The van der Waals surface area contributed by atoms with Crippen molar-refractivity contribution >= 4 is 23.4 Å². The molecular weight excluding hydrogens is 530 g/mol. The first kappa shape index (κ1) is 28.0.